The minimum Gasteiger partial charge on any atom is -0.482 e. The normalized spacial score (nSPS) is 11.6. The fraction of sp³-hybridized carbons (Fsp3) is 0.148. The Labute approximate surface area is 195 Å². The molecule has 0 aliphatic heterocycles. The lowest BCUT2D eigenvalue weighted by Gasteiger charge is -2.14. The minimum absolute atomic E-state index is 0.105. The Bertz CT molecular complexity index is 1390. The Morgan fingerprint density at radius 2 is 1.74 bits per heavy atom. The fourth-order valence-electron chi connectivity index (χ4n) is 3.42. The van der Waals surface area contributed by atoms with Crippen LogP contribution < -0.4 is 20.4 Å². The molecule has 0 saturated heterocycles. The number of nitrogens with one attached hydrogen (secondary N) is 1. The maximum absolute atomic E-state index is 12.7. The van der Waals surface area contributed by atoms with E-state index in [1.54, 1.807) is 18.2 Å². The summed E-state index contributed by atoms with van der Waals surface area (Å²) in [4.78, 5) is 37.3. The number of ether oxygens (including phenoxy) is 2. The van der Waals surface area contributed by atoms with Crippen LogP contribution in [-0.4, -0.2) is 18.5 Å². The van der Waals surface area contributed by atoms with Crippen molar-refractivity contribution in [3.05, 3.63) is 106 Å². The number of amides is 1. The molecule has 1 atom stereocenters. The third kappa shape index (κ3) is 5.50. The maximum atomic E-state index is 12.7. The van der Waals surface area contributed by atoms with E-state index in [9.17, 15) is 14.4 Å². The van der Waals surface area contributed by atoms with Gasteiger partial charge in [-0.3, -0.25) is 4.79 Å². The molecular formula is C27H23NO6. The van der Waals surface area contributed by atoms with E-state index in [-0.39, 0.29) is 29.5 Å². The lowest BCUT2D eigenvalue weighted by molar-refractivity contribution is -0.136. The number of hydrogen-bond donors (Lipinski definition) is 1. The first-order valence-corrected chi connectivity index (χ1v) is 10.7. The Balaban J connectivity index is 1.44. The van der Waals surface area contributed by atoms with Crippen molar-refractivity contribution in [2.45, 2.75) is 19.9 Å². The standard InChI is InChI=1S/C27H23NO6/c1-17-7-6-10-21(13-17)32-16-25(29)33-22-12-11-20-14-23(27(31)34-24(20)15-22)26(30)28-18(2)19-8-4-3-5-9-19/h3-15,18H,16H2,1-2H3,(H,28,30). The lowest BCUT2D eigenvalue weighted by atomic mass is 10.1. The van der Waals surface area contributed by atoms with Gasteiger partial charge in [0.05, 0.1) is 6.04 Å². The van der Waals surface area contributed by atoms with Gasteiger partial charge in [-0.15, -0.1) is 0 Å². The van der Waals surface area contributed by atoms with E-state index in [0.717, 1.165) is 11.1 Å². The van der Waals surface area contributed by atoms with Crippen molar-refractivity contribution in [2.75, 3.05) is 6.61 Å². The number of hydrogen-bond acceptors (Lipinski definition) is 6. The van der Waals surface area contributed by atoms with Gasteiger partial charge in [0.15, 0.2) is 6.61 Å². The molecule has 1 aromatic heterocycles. The first-order valence-electron chi connectivity index (χ1n) is 10.7. The van der Waals surface area contributed by atoms with Gasteiger partial charge in [0, 0.05) is 11.5 Å². The summed E-state index contributed by atoms with van der Waals surface area (Å²) in [5, 5.41) is 3.33. The third-order valence-corrected chi connectivity index (χ3v) is 5.18. The van der Waals surface area contributed by atoms with E-state index >= 15 is 0 Å². The summed E-state index contributed by atoms with van der Waals surface area (Å²) in [6.45, 7) is 3.48. The highest BCUT2D eigenvalue weighted by Gasteiger charge is 2.17. The second-order valence-corrected chi connectivity index (χ2v) is 7.83. The van der Waals surface area contributed by atoms with Crippen LogP contribution in [0.25, 0.3) is 11.0 Å². The molecule has 0 aliphatic carbocycles. The highest BCUT2D eigenvalue weighted by Crippen LogP contribution is 2.21. The molecule has 1 unspecified atom stereocenters. The van der Waals surface area contributed by atoms with E-state index in [0.29, 0.717) is 11.1 Å². The molecule has 1 N–H and O–H groups in total. The zero-order valence-electron chi connectivity index (χ0n) is 18.7. The van der Waals surface area contributed by atoms with E-state index in [4.69, 9.17) is 13.9 Å². The number of benzene rings is 3. The quantitative estimate of drug-likeness (QED) is 0.248. The predicted molar refractivity (Wildman–Crippen MR) is 127 cm³/mol. The maximum Gasteiger partial charge on any atom is 0.349 e. The van der Waals surface area contributed by atoms with Crippen LogP contribution in [0.2, 0.25) is 0 Å². The van der Waals surface area contributed by atoms with Crippen molar-refractivity contribution in [3.63, 3.8) is 0 Å². The average molecular weight is 457 g/mol. The van der Waals surface area contributed by atoms with Gasteiger partial charge in [-0.25, -0.2) is 9.59 Å². The van der Waals surface area contributed by atoms with Gasteiger partial charge < -0.3 is 19.2 Å². The summed E-state index contributed by atoms with van der Waals surface area (Å²) in [6.07, 6.45) is 0. The van der Waals surface area contributed by atoms with Crippen molar-refractivity contribution in [1.29, 1.82) is 0 Å². The largest absolute Gasteiger partial charge is 0.482 e. The van der Waals surface area contributed by atoms with Crippen LogP contribution in [-0.2, 0) is 4.79 Å². The van der Waals surface area contributed by atoms with Crippen molar-refractivity contribution in [1.82, 2.24) is 5.32 Å². The summed E-state index contributed by atoms with van der Waals surface area (Å²) in [7, 11) is 0. The molecule has 7 heteroatoms. The number of fused-ring (bicyclic) bond motifs is 1. The Hall–Kier alpha value is -4.39. The highest BCUT2D eigenvalue weighted by molar-refractivity contribution is 5.97. The molecule has 0 spiro atoms. The van der Waals surface area contributed by atoms with Gasteiger partial charge in [-0.05, 0) is 55.3 Å². The van der Waals surface area contributed by atoms with Gasteiger partial charge in [-0.1, -0.05) is 42.5 Å². The summed E-state index contributed by atoms with van der Waals surface area (Å²) in [6, 6.07) is 22.5. The van der Waals surface area contributed by atoms with E-state index in [1.807, 2.05) is 62.4 Å². The SMILES string of the molecule is Cc1cccc(OCC(=O)Oc2ccc3cc(C(=O)NC(C)c4ccccc4)c(=O)oc3c2)c1. The number of carbonyl (C=O) groups excluding carboxylic acids is 2. The van der Waals surface area contributed by atoms with Crippen LogP contribution >= 0.6 is 0 Å². The Kier molecular flexibility index (Phi) is 6.73. The van der Waals surface area contributed by atoms with Crippen LogP contribution in [0.4, 0.5) is 0 Å². The smallest absolute Gasteiger partial charge is 0.349 e. The van der Waals surface area contributed by atoms with Crippen LogP contribution in [0.15, 0.2) is 88.1 Å². The third-order valence-electron chi connectivity index (χ3n) is 5.18. The van der Waals surface area contributed by atoms with Gasteiger partial charge in [-0.2, -0.15) is 0 Å². The van der Waals surface area contributed by atoms with Gasteiger partial charge in [0.1, 0.15) is 22.6 Å². The number of rotatable bonds is 7. The molecular weight excluding hydrogens is 434 g/mol. The molecule has 34 heavy (non-hydrogen) atoms. The highest BCUT2D eigenvalue weighted by atomic mass is 16.6. The monoisotopic (exact) mass is 457 g/mol. The van der Waals surface area contributed by atoms with Gasteiger partial charge in [0.2, 0.25) is 0 Å². The second kappa shape index (κ2) is 10.0. The molecule has 0 bridgehead atoms. The Morgan fingerprint density at radius 1 is 0.941 bits per heavy atom. The summed E-state index contributed by atoms with van der Waals surface area (Å²) in [5.41, 5.74) is 1.24. The van der Waals surface area contributed by atoms with Crippen LogP contribution in [0, 0.1) is 6.92 Å². The molecule has 0 aliphatic rings. The Morgan fingerprint density at radius 3 is 2.50 bits per heavy atom. The van der Waals surface area contributed by atoms with E-state index in [2.05, 4.69) is 5.32 Å². The molecule has 3 aromatic carbocycles. The number of carbonyl (C=O) groups is 2. The molecule has 4 rings (SSSR count). The van der Waals surface area contributed by atoms with Gasteiger partial charge in [0.25, 0.3) is 5.91 Å². The molecule has 0 fully saturated rings. The van der Waals surface area contributed by atoms with Crippen molar-refractivity contribution >= 4 is 22.8 Å². The van der Waals surface area contributed by atoms with Crippen LogP contribution in [0.1, 0.15) is 34.5 Å². The summed E-state index contributed by atoms with van der Waals surface area (Å²) in [5.74, 6) is -0.373. The van der Waals surface area contributed by atoms with Crippen molar-refractivity contribution in [2.24, 2.45) is 0 Å². The van der Waals surface area contributed by atoms with E-state index < -0.39 is 17.5 Å². The van der Waals surface area contributed by atoms with Crippen molar-refractivity contribution < 1.29 is 23.5 Å². The first kappa shape index (κ1) is 22.8. The van der Waals surface area contributed by atoms with Crippen LogP contribution in [0.3, 0.4) is 0 Å². The number of esters is 1. The van der Waals surface area contributed by atoms with E-state index in [1.165, 1.54) is 12.1 Å². The predicted octanol–water partition coefficient (Wildman–Crippen LogP) is 4.58. The van der Waals surface area contributed by atoms with Crippen molar-refractivity contribution in [3.8, 4) is 11.5 Å². The summed E-state index contributed by atoms with van der Waals surface area (Å²) < 4.78 is 16.1. The average Bonchev–Trinajstić information content (AvgIpc) is 2.83. The molecule has 1 heterocycles. The molecule has 0 saturated carbocycles. The molecule has 7 nitrogen and oxygen atoms in total. The first-order chi connectivity index (χ1) is 16.4. The fourth-order valence-corrected chi connectivity index (χ4v) is 3.42. The van der Waals surface area contributed by atoms with Gasteiger partial charge >= 0.3 is 11.6 Å². The topological polar surface area (TPSA) is 94.8 Å². The zero-order chi connectivity index (χ0) is 24.1. The molecule has 1 amide bonds. The second-order valence-electron chi connectivity index (χ2n) is 7.83. The van der Waals surface area contributed by atoms with Crippen LogP contribution in [0.5, 0.6) is 11.5 Å². The molecule has 0 radical (unpaired) electrons. The zero-order valence-corrected chi connectivity index (χ0v) is 18.7. The minimum atomic E-state index is -0.781. The molecule has 4 aromatic rings. The number of aryl methyl sites for hydroxylation is 1. The summed E-state index contributed by atoms with van der Waals surface area (Å²) >= 11 is 0. The lowest BCUT2D eigenvalue weighted by Crippen LogP contribution is -2.30. The molecule has 172 valence electrons.